The SMILES string of the molecule is CCCCCN(C[C@H]1Cc2ccccc2CN1)[C@H](C)c1ccccn1. The first-order valence-electron chi connectivity index (χ1n) is 9.73. The van der Waals surface area contributed by atoms with E-state index in [0.29, 0.717) is 12.1 Å². The third-order valence-electron chi connectivity index (χ3n) is 5.33. The molecule has 2 aromatic rings. The Bertz CT molecular complexity index is 641. The normalized spacial score (nSPS) is 18.1. The van der Waals surface area contributed by atoms with Crippen LogP contribution >= 0.6 is 0 Å². The fourth-order valence-corrected chi connectivity index (χ4v) is 3.75. The highest BCUT2D eigenvalue weighted by atomic mass is 15.2. The van der Waals surface area contributed by atoms with Crippen LogP contribution < -0.4 is 5.32 Å². The van der Waals surface area contributed by atoms with Gasteiger partial charge in [0.05, 0.1) is 5.69 Å². The second-order valence-corrected chi connectivity index (χ2v) is 7.18. The lowest BCUT2D eigenvalue weighted by atomic mass is 9.95. The number of nitrogens with one attached hydrogen (secondary N) is 1. The van der Waals surface area contributed by atoms with Crippen LogP contribution in [0.1, 0.15) is 56.0 Å². The van der Waals surface area contributed by atoms with Crippen molar-refractivity contribution in [3.8, 4) is 0 Å². The van der Waals surface area contributed by atoms with Gasteiger partial charge in [0.1, 0.15) is 0 Å². The first-order valence-corrected chi connectivity index (χ1v) is 9.73. The van der Waals surface area contributed by atoms with Crippen LogP contribution in [0.15, 0.2) is 48.7 Å². The van der Waals surface area contributed by atoms with E-state index in [1.165, 1.54) is 36.1 Å². The van der Waals surface area contributed by atoms with Gasteiger partial charge in [-0.1, -0.05) is 50.1 Å². The van der Waals surface area contributed by atoms with Gasteiger partial charge in [0, 0.05) is 31.4 Å². The largest absolute Gasteiger partial charge is 0.308 e. The van der Waals surface area contributed by atoms with E-state index in [-0.39, 0.29) is 0 Å². The molecule has 0 bridgehead atoms. The maximum absolute atomic E-state index is 4.59. The Morgan fingerprint density at radius 2 is 1.92 bits per heavy atom. The second kappa shape index (κ2) is 9.12. The number of unbranched alkanes of at least 4 members (excludes halogenated alkanes) is 2. The van der Waals surface area contributed by atoms with Crippen molar-refractivity contribution in [3.05, 3.63) is 65.5 Å². The van der Waals surface area contributed by atoms with Crippen LogP contribution in [0.3, 0.4) is 0 Å². The third-order valence-corrected chi connectivity index (χ3v) is 5.33. The molecule has 0 fully saturated rings. The van der Waals surface area contributed by atoms with Gasteiger partial charge in [-0.25, -0.2) is 0 Å². The Hall–Kier alpha value is -1.71. The van der Waals surface area contributed by atoms with Crippen molar-refractivity contribution >= 4 is 0 Å². The van der Waals surface area contributed by atoms with Crippen molar-refractivity contribution in [2.75, 3.05) is 13.1 Å². The zero-order valence-corrected chi connectivity index (χ0v) is 15.6. The van der Waals surface area contributed by atoms with E-state index in [2.05, 4.69) is 65.4 Å². The van der Waals surface area contributed by atoms with Crippen LogP contribution in [0, 0.1) is 0 Å². The first kappa shape index (κ1) is 18.1. The minimum absolute atomic E-state index is 0.358. The highest BCUT2D eigenvalue weighted by Gasteiger charge is 2.23. The Morgan fingerprint density at radius 3 is 2.68 bits per heavy atom. The van der Waals surface area contributed by atoms with Crippen molar-refractivity contribution in [2.45, 2.75) is 58.2 Å². The number of hydrogen-bond donors (Lipinski definition) is 1. The molecule has 1 N–H and O–H groups in total. The topological polar surface area (TPSA) is 28.2 Å². The molecule has 3 rings (SSSR count). The standard InChI is InChI=1S/C22H31N3/c1-3-4-9-14-25(18(2)22-12-7-8-13-23-22)17-21-15-19-10-5-6-11-20(19)16-24-21/h5-8,10-13,18,21,24H,3-4,9,14-17H2,1-2H3/t18-,21-/m1/s1. The van der Waals surface area contributed by atoms with Gasteiger partial charge in [0.15, 0.2) is 0 Å². The van der Waals surface area contributed by atoms with Gasteiger partial charge in [-0.3, -0.25) is 9.88 Å². The molecule has 3 nitrogen and oxygen atoms in total. The monoisotopic (exact) mass is 337 g/mol. The van der Waals surface area contributed by atoms with Gasteiger partial charge in [-0.05, 0) is 49.6 Å². The predicted molar refractivity (Wildman–Crippen MR) is 105 cm³/mol. The summed E-state index contributed by atoms with van der Waals surface area (Å²) in [6.45, 7) is 7.78. The Balaban J connectivity index is 1.67. The molecule has 0 amide bonds. The van der Waals surface area contributed by atoms with Gasteiger partial charge in [-0.2, -0.15) is 0 Å². The summed E-state index contributed by atoms with van der Waals surface area (Å²) >= 11 is 0. The van der Waals surface area contributed by atoms with Crippen molar-refractivity contribution < 1.29 is 0 Å². The average Bonchev–Trinajstić information content (AvgIpc) is 2.67. The predicted octanol–water partition coefficient (Wildman–Crippen LogP) is 4.35. The molecular formula is C22H31N3. The number of hydrogen-bond acceptors (Lipinski definition) is 3. The van der Waals surface area contributed by atoms with E-state index in [4.69, 9.17) is 0 Å². The van der Waals surface area contributed by atoms with Crippen molar-refractivity contribution in [1.82, 2.24) is 15.2 Å². The fourth-order valence-electron chi connectivity index (χ4n) is 3.75. The van der Waals surface area contributed by atoms with Crippen LogP contribution in [-0.2, 0) is 13.0 Å². The van der Waals surface area contributed by atoms with Gasteiger partial charge in [0.25, 0.3) is 0 Å². The number of benzene rings is 1. The maximum atomic E-state index is 4.59. The van der Waals surface area contributed by atoms with Gasteiger partial charge >= 0.3 is 0 Å². The quantitative estimate of drug-likeness (QED) is 0.726. The van der Waals surface area contributed by atoms with Crippen LogP contribution in [0.25, 0.3) is 0 Å². The Kier molecular flexibility index (Phi) is 6.60. The highest BCUT2D eigenvalue weighted by Crippen LogP contribution is 2.22. The molecule has 0 saturated carbocycles. The molecule has 0 aliphatic carbocycles. The molecule has 1 aromatic heterocycles. The highest BCUT2D eigenvalue weighted by molar-refractivity contribution is 5.30. The summed E-state index contributed by atoms with van der Waals surface area (Å²) in [4.78, 5) is 7.21. The third kappa shape index (κ3) is 4.90. The molecular weight excluding hydrogens is 306 g/mol. The molecule has 2 atom stereocenters. The summed E-state index contributed by atoms with van der Waals surface area (Å²) in [5.41, 5.74) is 4.13. The molecule has 0 spiro atoms. The molecule has 3 heteroatoms. The zero-order valence-electron chi connectivity index (χ0n) is 15.6. The minimum atomic E-state index is 0.358. The van der Waals surface area contributed by atoms with E-state index in [9.17, 15) is 0 Å². The second-order valence-electron chi connectivity index (χ2n) is 7.18. The van der Waals surface area contributed by atoms with E-state index in [1.807, 2.05) is 12.3 Å². The summed E-state index contributed by atoms with van der Waals surface area (Å²) in [6.07, 6.45) is 6.85. The molecule has 0 saturated heterocycles. The number of pyridine rings is 1. The molecule has 1 aromatic carbocycles. The molecule has 25 heavy (non-hydrogen) atoms. The Morgan fingerprint density at radius 1 is 1.12 bits per heavy atom. The molecule has 0 radical (unpaired) electrons. The minimum Gasteiger partial charge on any atom is -0.308 e. The van der Waals surface area contributed by atoms with Crippen LogP contribution in [0.4, 0.5) is 0 Å². The Labute approximate surface area is 152 Å². The first-order chi connectivity index (χ1) is 12.3. The van der Waals surface area contributed by atoms with Crippen molar-refractivity contribution in [3.63, 3.8) is 0 Å². The summed E-state index contributed by atoms with van der Waals surface area (Å²) in [6, 6.07) is 16.0. The lowest BCUT2D eigenvalue weighted by Crippen LogP contribution is -2.45. The molecule has 134 valence electrons. The summed E-state index contributed by atoms with van der Waals surface area (Å²) in [5, 5.41) is 3.74. The van der Waals surface area contributed by atoms with Gasteiger partial charge in [-0.15, -0.1) is 0 Å². The van der Waals surface area contributed by atoms with Crippen LogP contribution in [0.2, 0.25) is 0 Å². The summed E-state index contributed by atoms with van der Waals surface area (Å²) < 4.78 is 0. The maximum Gasteiger partial charge on any atom is 0.0572 e. The van der Waals surface area contributed by atoms with Crippen molar-refractivity contribution in [2.24, 2.45) is 0 Å². The van der Waals surface area contributed by atoms with E-state index in [1.54, 1.807) is 0 Å². The molecule has 0 unspecified atom stereocenters. The number of aromatic nitrogens is 1. The summed E-state index contributed by atoms with van der Waals surface area (Å²) in [7, 11) is 0. The average molecular weight is 338 g/mol. The van der Waals surface area contributed by atoms with Crippen LogP contribution in [-0.4, -0.2) is 29.0 Å². The van der Waals surface area contributed by atoms with E-state index in [0.717, 1.165) is 26.1 Å². The number of fused-ring (bicyclic) bond motifs is 1. The van der Waals surface area contributed by atoms with E-state index >= 15 is 0 Å². The smallest absolute Gasteiger partial charge is 0.0572 e. The lowest BCUT2D eigenvalue weighted by molar-refractivity contribution is 0.177. The molecule has 2 heterocycles. The number of nitrogens with zero attached hydrogens (tertiary/aromatic N) is 2. The fraction of sp³-hybridized carbons (Fsp3) is 0.500. The van der Waals surface area contributed by atoms with Crippen molar-refractivity contribution in [1.29, 1.82) is 0 Å². The zero-order chi connectivity index (χ0) is 17.5. The lowest BCUT2D eigenvalue weighted by Gasteiger charge is -2.35. The molecule has 1 aliphatic heterocycles. The summed E-state index contributed by atoms with van der Waals surface area (Å²) in [5.74, 6) is 0. The van der Waals surface area contributed by atoms with Gasteiger partial charge < -0.3 is 5.32 Å². The van der Waals surface area contributed by atoms with E-state index < -0.39 is 0 Å². The molecule has 1 aliphatic rings. The van der Waals surface area contributed by atoms with Gasteiger partial charge in [0.2, 0.25) is 0 Å². The number of rotatable bonds is 8. The van der Waals surface area contributed by atoms with Crippen LogP contribution in [0.5, 0.6) is 0 Å².